The lowest BCUT2D eigenvalue weighted by molar-refractivity contribution is 0.0755. The Bertz CT molecular complexity index is 725. The van der Waals surface area contributed by atoms with E-state index in [1.165, 1.54) is 12.1 Å². The Balaban J connectivity index is 1.91. The van der Waals surface area contributed by atoms with Crippen LogP contribution >= 0.6 is 35.0 Å². The topological polar surface area (TPSA) is 20.3 Å². The SMILES string of the molecule is O=C(c1ccccc1F)N1CCS[C@H]1c1ccc(Cl)c(Cl)c1. The molecule has 3 rings (SSSR count). The van der Waals surface area contributed by atoms with Gasteiger partial charge >= 0.3 is 0 Å². The van der Waals surface area contributed by atoms with Gasteiger partial charge in [-0.15, -0.1) is 11.8 Å². The van der Waals surface area contributed by atoms with Crippen LogP contribution in [0.25, 0.3) is 0 Å². The van der Waals surface area contributed by atoms with Gasteiger partial charge < -0.3 is 4.90 Å². The summed E-state index contributed by atoms with van der Waals surface area (Å²) < 4.78 is 13.8. The van der Waals surface area contributed by atoms with Crippen LogP contribution in [0.4, 0.5) is 4.39 Å². The molecule has 1 saturated heterocycles. The van der Waals surface area contributed by atoms with Gasteiger partial charge in [0.05, 0.1) is 15.6 Å². The molecule has 1 atom stereocenters. The van der Waals surface area contributed by atoms with Gasteiger partial charge in [0, 0.05) is 12.3 Å². The molecule has 0 unspecified atom stereocenters. The van der Waals surface area contributed by atoms with Gasteiger partial charge in [-0.1, -0.05) is 41.4 Å². The summed E-state index contributed by atoms with van der Waals surface area (Å²) in [6.45, 7) is 0.572. The first-order valence-corrected chi connectivity index (χ1v) is 8.50. The van der Waals surface area contributed by atoms with Crippen LogP contribution in [0.15, 0.2) is 42.5 Å². The molecule has 22 heavy (non-hydrogen) atoms. The van der Waals surface area contributed by atoms with Crippen molar-refractivity contribution in [3.05, 3.63) is 69.5 Å². The van der Waals surface area contributed by atoms with Crippen LogP contribution in [0.3, 0.4) is 0 Å². The van der Waals surface area contributed by atoms with Gasteiger partial charge in [0.2, 0.25) is 0 Å². The van der Waals surface area contributed by atoms with Gasteiger partial charge in [-0.25, -0.2) is 4.39 Å². The van der Waals surface area contributed by atoms with E-state index in [1.54, 1.807) is 40.9 Å². The summed E-state index contributed by atoms with van der Waals surface area (Å²) in [6.07, 6.45) is 0. The highest BCUT2D eigenvalue weighted by Gasteiger charge is 2.32. The fourth-order valence-electron chi connectivity index (χ4n) is 2.41. The van der Waals surface area contributed by atoms with Crippen molar-refractivity contribution in [1.29, 1.82) is 0 Å². The van der Waals surface area contributed by atoms with E-state index in [0.29, 0.717) is 16.6 Å². The third-order valence-electron chi connectivity index (χ3n) is 3.48. The molecule has 2 aromatic carbocycles. The molecule has 0 spiro atoms. The minimum absolute atomic E-state index is 0.0926. The maximum absolute atomic E-state index is 13.8. The monoisotopic (exact) mass is 355 g/mol. The Hall–Kier alpha value is -1.23. The molecule has 2 nitrogen and oxygen atoms in total. The average molecular weight is 356 g/mol. The van der Waals surface area contributed by atoms with E-state index in [1.807, 2.05) is 6.07 Å². The second-order valence-corrected chi connectivity index (χ2v) is 6.88. The van der Waals surface area contributed by atoms with Gasteiger partial charge in [-0.2, -0.15) is 0 Å². The van der Waals surface area contributed by atoms with Crippen LogP contribution in [0.5, 0.6) is 0 Å². The maximum atomic E-state index is 13.8. The molecular formula is C16H12Cl2FNOS. The zero-order chi connectivity index (χ0) is 15.7. The van der Waals surface area contributed by atoms with Crippen molar-refractivity contribution in [2.45, 2.75) is 5.37 Å². The summed E-state index contributed by atoms with van der Waals surface area (Å²) in [5.74, 6) is -0.0121. The maximum Gasteiger partial charge on any atom is 0.258 e. The number of nitrogens with zero attached hydrogens (tertiary/aromatic N) is 1. The van der Waals surface area contributed by atoms with E-state index in [0.717, 1.165) is 11.3 Å². The third-order valence-corrected chi connectivity index (χ3v) is 5.48. The third kappa shape index (κ3) is 2.96. The molecule has 1 amide bonds. The van der Waals surface area contributed by atoms with Gasteiger partial charge in [-0.3, -0.25) is 4.79 Å². The van der Waals surface area contributed by atoms with Crippen molar-refractivity contribution in [3.63, 3.8) is 0 Å². The van der Waals surface area contributed by atoms with Crippen LogP contribution in [0.2, 0.25) is 10.0 Å². The first kappa shape index (κ1) is 15.7. The van der Waals surface area contributed by atoms with E-state index < -0.39 is 5.82 Å². The summed E-state index contributed by atoms with van der Waals surface area (Å²) in [5.41, 5.74) is 0.983. The molecule has 114 valence electrons. The number of hydrogen-bond donors (Lipinski definition) is 0. The Morgan fingerprint density at radius 3 is 2.68 bits per heavy atom. The molecule has 6 heteroatoms. The molecule has 2 aromatic rings. The molecule has 0 aliphatic carbocycles. The summed E-state index contributed by atoms with van der Waals surface area (Å²) >= 11 is 13.6. The van der Waals surface area contributed by atoms with Crippen molar-refractivity contribution in [1.82, 2.24) is 4.90 Å². The molecule has 1 heterocycles. The number of benzene rings is 2. The Labute approximate surface area is 142 Å². The number of hydrogen-bond acceptors (Lipinski definition) is 2. The van der Waals surface area contributed by atoms with Crippen LogP contribution < -0.4 is 0 Å². The highest BCUT2D eigenvalue weighted by atomic mass is 35.5. The Morgan fingerprint density at radius 1 is 1.18 bits per heavy atom. The molecule has 1 aliphatic heterocycles. The van der Waals surface area contributed by atoms with E-state index in [-0.39, 0.29) is 16.8 Å². The highest BCUT2D eigenvalue weighted by molar-refractivity contribution is 7.99. The first-order valence-electron chi connectivity index (χ1n) is 6.70. The molecule has 1 fully saturated rings. The molecule has 0 saturated carbocycles. The van der Waals surface area contributed by atoms with Gasteiger partial charge in [0.1, 0.15) is 11.2 Å². The summed E-state index contributed by atoms with van der Waals surface area (Å²) in [5, 5.41) is 0.743. The standard InChI is InChI=1S/C16H12Cl2FNOS/c17-12-6-5-10(9-13(12)18)16-20(7-8-22-16)15(21)11-3-1-2-4-14(11)19/h1-6,9,16H,7-8H2/t16-/m0/s1. The van der Waals surface area contributed by atoms with Crippen molar-refractivity contribution >= 4 is 40.9 Å². The van der Waals surface area contributed by atoms with Crippen molar-refractivity contribution < 1.29 is 9.18 Å². The minimum Gasteiger partial charge on any atom is -0.322 e. The predicted octanol–water partition coefficient (Wildman–Crippen LogP) is 5.02. The van der Waals surface area contributed by atoms with Crippen LogP contribution in [-0.2, 0) is 0 Å². The lowest BCUT2D eigenvalue weighted by atomic mass is 10.1. The number of halogens is 3. The lowest BCUT2D eigenvalue weighted by Crippen LogP contribution is -2.31. The first-order chi connectivity index (χ1) is 10.6. The fourth-order valence-corrected chi connectivity index (χ4v) is 3.96. The molecule has 0 radical (unpaired) electrons. The number of amides is 1. The molecule has 0 aromatic heterocycles. The molecular weight excluding hydrogens is 344 g/mol. The predicted molar refractivity (Wildman–Crippen MR) is 89.1 cm³/mol. The van der Waals surface area contributed by atoms with Gasteiger partial charge in [0.25, 0.3) is 5.91 Å². The second kappa shape index (κ2) is 6.49. The van der Waals surface area contributed by atoms with Crippen LogP contribution in [0, 0.1) is 5.82 Å². The quantitative estimate of drug-likeness (QED) is 0.753. The van der Waals surface area contributed by atoms with Crippen LogP contribution in [0.1, 0.15) is 21.3 Å². The van der Waals surface area contributed by atoms with Crippen molar-refractivity contribution in [3.8, 4) is 0 Å². The smallest absolute Gasteiger partial charge is 0.258 e. The average Bonchev–Trinajstić information content (AvgIpc) is 2.99. The van der Waals surface area contributed by atoms with E-state index in [2.05, 4.69) is 0 Å². The van der Waals surface area contributed by atoms with E-state index in [4.69, 9.17) is 23.2 Å². The number of carbonyl (C=O) groups is 1. The largest absolute Gasteiger partial charge is 0.322 e. The lowest BCUT2D eigenvalue weighted by Gasteiger charge is -2.24. The van der Waals surface area contributed by atoms with Crippen molar-refractivity contribution in [2.24, 2.45) is 0 Å². The number of rotatable bonds is 2. The molecule has 0 bridgehead atoms. The van der Waals surface area contributed by atoms with E-state index >= 15 is 0 Å². The molecule has 1 aliphatic rings. The number of thioether (sulfide) groups is 1. The fraction of sp³-hybridized carbons (Fsp3) is 0.188. The summed E-state index contributed by atoms with van der Waals surface area (Å²) in [6, 6.07) is 11.4. The Kier molecular flexibility index (Phi) is 4.62. The van der Waals surface area contributed by atoms with E-state index in [9.17, 15) is 9.18 Å². The number of carbonyl (C=O) groups excluding carboxylic acids is 1. The van der Waals surface area contributed by atoms with Crippen molar-refractivity contribution in [2.75, 3.05) is 12.3 Å². The Morgan fingerprint density at radius 2 is 1.95 bits per heavy atom. The minimum atomic E-state index is -0.503. The van der Waals surface area contributed by atoms with Gasteiger partial charge in [-0.05, 0) is 29.8 Å². The zero-order valence-electron chi connectivity index (χ0n) is 11.4. The zero-order valence-corrected chi connectivity index (χ0v) is 13.8. The summed E-state index contributed by atoms with van der Waals surface area (Å²) in [4.78, 5) is 14.3. The van der Waals surface area contributed by atoms with Gasteiger partial charge in [0.15, 0.2) is 0 Å². The highest BCUT2D eigenvalue weighted by Crippen LogP contribution is 2.40. The molecule has 0 N–H and O–H groups in total. The van der Waals surface area contributed by atoms with Crippen LogP contribution in [-0.4, -0.2) is 23.1 Å². The normalized spacial score (nSPS) is 17.8. The summed E-state index contributed by atoms with van der Waals surface area (Å²) in [7, 11) is 0. The second-order valence-electron chi connectivity index (χ2n) is 4.88.